The van der Waals surface area contributed by atoms with Crippen molar-refractivity contribution in [3.63, 3.8) is 0 Å². The normalized spacial score (nSPS) is 9.94. The number of nitrogens with one attached hydrogen (secondary N) is 1. The van der Waals surface area contributed by atoms with Gasteiger partial charge in [0, 0.05) is 5.69 Å². The van der Waals surface area contributed by atoms with Gasteiger partial charge in [0.1, 0.15) is 11.4 Å². The summed E-state index contributed by atoms with van der Waals surface area (Å²) in [6.45, 7) is 0. The number of hydrogen-bond acceptors (Lipinski definition) is 4. The third-order valence-corrected chi connectivity index (χ3v) is 2.06. The number of benzene rings is 1. The number of aromatic carboxylic acids is 1. The maximum Gasteiger partial charge on any atom is 0.339 e. The summed E-state index contributed by atoms with van der Waals surface area (Å²) in [6.07, 6.45) is 1.29. The Hall–Kier alpha value is -2.50. The van der Waals surface area contributed by atoms with Crippen LogP contribution in [-0.4, -0.2) is 21.3 Å². The highest BCUT2D eigenvalue weighted by molar-refractivity contribution is 5.93. The molecule has 0 fully saturated rings. The van der Waals surface area contributed by atoms with Crippen molar-refractivity contribution < 1.29 is 14.3 Å². The van der Waals surface area contributed by atoms with E-state index in [1.54, 1.807) is 0 Å². The van der Waals surface area contributed by atoms with Crippen LogP contribution < -0.4 is 5.32 Å². The lowest BCUT2D eigenvalue weighted by Crippen LogP contribution is -2.05. The molecule has 0 saturated carbocycles. The number of nitrogens with zero attached hydrogens (tertiary/aromatic N) is 2. The van der Waals surface area contributed by atoms with E-state index in [1.807, 2.05) is 0 Å². The van der Waals surface area contributed by atoms with Gasteiger partial charge in [0.15, 0.2) is 5.82 Å². The summed E-state index contributed by atoms with van der Waals surface area (Å²) in [4.78, 5) is 10.9. The lowest BCUT2D eigenvalue weighted by atomic mass is 10.2. The van der Waals surface area contributed by atoms with Gasteiger partial charge in [-0.2, -0.15) is 5.10 Å². The highest BCUT2D eigenvalue weighted by Gasteiger charge is 2.11. The summed E-state index contributed by atoms with van der Waals surface area (Å²) in [7, 11) is 0. The van der Waals surface area contributed by atoms with E-state index in [0.717, 1.165) is 0 Å². The number of carboxylic acids is 1. The Morgan fingerprint density at radius 1 is 1.24 bits per heavy atom. The molecule has 0 saturated heterocycles. The average Bonchev–Trinajstić information content (AvgIpc) is 2.32. The molecule has 0 unspecified atom stereocenters. The molecule has 0 aliphatic carbocycles. The number of aromatic nitrogens is 2. The van der Waals surface area contributed by atoms with Crippen molar-refractivity contribution in [1.82, 2.24) is 10.2 Å². The van der Waals surface area contributed by atoms with Gasteiger partial charge < -0.3 is 10.4 Å². The second-order valence-electron chi connectivity index (χ2n) is 3.23. The topological polar surface area (TPSA) is 75.1 Å². The quantitative estimate of drug-likeness (QED) is 0.848. The Morgan fingerprint density at radius 3 is 2.59 bits per heavy atom. The first kappa shape index (κ1) is 11.0. The molecule has 2 aromatic rings. The molecule has 17 heavy (non-hydrogen) atoms. The van der Waals surface area contributed by atoms with Gasteiger partial charge in [0.2, 0.25) is 0 Å². The maximum atomic E-state index is 12.7. The van der Waals surface area contributed by atoms with Gasteiger partial charge in [-0.3, -0.25) is 0 Å². The van der Waals surface area contributed by atoms with E-state index in [-0.39, 0.29) is 17.2 Å². The van der Waals surface area contributed by atoms with Crippen LogP contribution in [0.15, 0.2) is 36.5 Å². The summed E-state index contributed by atoms with van der Waals surface area (Å²) < 4.78 is 12.7. The number of halogens is 1. The zero-order valence-electron chi connectivity index (χ0n) is 8.59. The molecule has 0 radical (unpaired) electrons. The fourth-order valence-corrected chi connectivity index (χ4v) is 1.27. The number of anilines is 2. The fraction of sp³-hybridized carbons (Fsp3) is 0. The van der Waals surface area contributed by atoms with Crippen LogP contribution in [0, 0.1) is 5.82 Å². The monoisotopic (exact) mass is 233 g/mol. The molecule has 0 bridgehead atoms. The fourth-order valence-electron chi connectivity index (χ4n) is 1.27. The number of hydrogen-bond donors (Lipinski definition) is 2. The number of carboxylic acid groups (broad SMARTS) is 1. The third-order valence-electron chi connectivity index (χ3n) is 2.06. The molecule has 0 spiro atoms. The van der Waals surface area contributed by atoms with Crippen LogP contribution >= 0.6 is 0 Å². The minimum atomic E-state index is -1.11. The van der Waals surface area contributed by atoms with E-state index in [1.165, 1.54) is 36.5 Å². The van der Waals surface area contributed by atoms with Gasteiger partial charge in [-0.1, -0.05) is 0 Å². The smallest absolute Gasteiger partial charge is 0.339 e. The van der Waals surface area contributed by atoms with E-state index >= 15 is 0 Å². The summed E-state index contributed by atoms with van der Waals surface area (Å²) in [5.41, 5.74) is 0.540. The van der Waals surface area contributed by atoms with Crippen LogP contribution in [0.1, 0.15) is 10.4 Å². The summed E-state index contributed by atoms with van der Waals surface area (Å²) in [5.74, 6) is -1.36. The number of rotatable bonds is 3. The van der Waals surface area contributed by atoms with E-state index in [0.29, 0.717) is 5.69 Å². The highest BCUT2D eigenvalue weighted by atomic mass is 19.1. The van der Waals surface area contributed by atoms with Crippen LogP contribution in [0.2, 0.25) is 0 Å². The van der Waals surface area contributed by atoms with Gasteiger partial charge in [0.05, 0.1) is 6.20 Å². The van der Waals surface area contributed by atoms with Crippen molar-refractivity contribution in [1.29, 1.82) is 0 Å². The van der Waals surface area contributed by atoms with Crippen molar-refractivity contribution in [2.45, 2.75) is 0 Å². The molecule has 0 aliphatic heterocycles. The second kappa shape index (κ2) is 4.56. The molecule has 86 valence electrons. The average molecular weight is 233 g/mol. The first-order valence-electron chi connectivity index (χ1n) is 4.74. The Morgan fingerprint density at radius 2 is 1.94 bits per heavy atom. The van der Waals surface area contributed by atoms with Crippen LogP contribution in [0.4, 0.5) is 15.9 Å². The zero-order chi connectivity index (χ0) is 12.3. The predicted molar refractivity (Wildman–Crippen MR) is 58.7 cm³/mol. The Kier molecular flexibility index (Phi) is 2.95. The molecule has 0 amide bonds. The highest BCUT2D eigenvalue weighted by Crippen LogP contribution is 2.17. The Bertz CT molecular complexity index is 543. The zero-order valence-corrected chi connectivity index (χ0v) is 8.59. The Balaban J connectivity index is 2.30. The van der Waals surface area contributed by atoms with Crippen LogP contribution in [0.3, 0.4) is 0 Å². The van der Waals surface area contributed by atoms with E-state index in [2.05, 4.69) is 15.5 Å². The van der Waals surface area contributed by atoms with Crippen molar-refractivity contribution in [2.24, 2.45) is 0 Å². The minimum absolute atomic E-state index is 0.00400. The molecular formula is C11H8FN3O2. The standard InChI is InChI=1S/C11H8FN3O2/c12-7-1-3-8(4-2-7)14-10-9(11(16)17)5-6-13-15-10/h1-6H,(H,14,15)(H,16,17). The van der Waals surface area contributed by atoms with Crippen molar-refractivity contribution in [3.05, 3.63) is 47.9 Å². The molecule has 1 heterocycles. The van der Waals surface area contributed by atoms with Gasteiger partial charge in [-0.15, -0.1) is 5.10 Å². The molecule has 5 nitrogen and oxygen atoms in total. The third kappa shape index (κ3) is 2.54. The van der Waals surface area contributed by atoms with E-state index < -0.39 is 5.97 Å². The SMILES string of the molecule is O=C(O)c1ccnnc1Nc1ccc(F)cc1. The first-order chi connectivity index (χ1) is 8.16. The first-order valence-corrected chi connectivity index (χ1v) is 4.74. The van der Waals surface area contributed by atoms with E-state index in [4.69, 9.17) is 5.11 Å². The maximum absolute atomic E-state index is 12.7. The molecular weight excluding hydrogens is 225 g/mol. The molecule has 2 N–H and O–H groups in total. The van der Waals surface area contributed by atoms with Crippen molar-refractivity contribution >= 4 is 17.5 Å². The molecule has 1 aromatic heterocycles. The summed E-state index contributed by atoms with van der Waals surface area (Å²) >= 11 is 0. The minimum Gasteiger partial charge on any atom is -0.478 e. The van der Waals surface area contributed by atoms with Gasteiger partial charge >= 0.3 is 5.97 Å². The largest absolute Gasteiger partial charge is 0.478 e. The van der Waals surface area contributed by atoms with Crippen LogP contribution in [0.5, 0.6) is 0 Å². The van der Waals surface area contributed by atoms with Crippen molar-refractivity contribution in [2.75, 3.05) is 5.32 Å². The number of carbonyl (C=O) groups is 1. The molecule has 2 rings (SSSR count). The van der Waals surface area contributed by atoms with Crippen molar-refractivity contribution in [3.8, 4) is 0 Å². The molecule has 6 heteroatoms. The van der Waals surface area contributed by atoms with Crippen LogP contribution in [0.25, 0.3) is 0 Å². The second-order valence-corrected chi connectivity index (χ2v) is 3.23. The van der Waals surface area contributed by atoms with E-state index in [9.17, 15) is 9.18 Å². The molecule has 0 atom stereocenters. The van der Waals surface area contributed by atoms with Gasteiger partial charge in [0.25, 0.3) is 0 Å². The lowest BCUT2D eigenvalue weighted by molar-refractivity contribution is 0.0697. The lowest BCUT2D eigenvalue weighted by Gasteiger charge is -2.06. The molecule has 1 aromatic carbocycles. The summed E-state index contributed by atoms with van der Waals surface area (Å²) in [5, 5.41) is 19.0. The van der Waals surface area contributed by atoms with Gasteiger partial charge in [-0.25, -0.2) is 9.18 Å². The summed E-state index contributed by atoms with van der Waals surface area (Å²) in [6, 6.07) is 6.82. The molecule has 0 aliphatic rings. The van der Waals surface area contributed by atoms with Crippen LogP contribution in [-0.2, 0) is 0 Å². The Labute approximate surface area is 95.9 Å². The predicted octanol–water partition coefficient (Wildman–Crippen LogP) is 2.06. The van der Waals surface area contributed by atoms with Gasteiger partial charge in [-0.05, 0) is 30.3 Å².